The summed E-state index contributed by atoms with van der Waals surface area (Å²) in [5.74, 6) is -0.283. The van der Waals surface area contributed by atoms with Gasteiger partial charge in [0.1, 0.15) is 5.75 Å². The Bertz CT molecular complexity index is 556. The predicted octanol–water partition coefficient (Wildman–Crippen LogP) is 3.54. The van der Waals surface area contributed by atoms with E-state index in [1.54, 1.807) is 6.07 Å². The van der Waals surface area contributed by atoms with Crippen molar-refractivity contribution in [2.75, 3.05) is 11.9 Å². The molecule has 0 fully saturated rings. The molecule has 2 rings (SSSR count). The lowest BCUT2D eigenvalue weighted by Crippen LogP contribution is -2.17. The Morgan fingerprint density at radius 2 is 2.00 bits per heavy atom. The van der Waals surface area contributed by atoms with Crippen LogP contribution in [0.1, 0.15) is 6.92 Å². The van der Waals surface area contributed by atoms with Gasteiger partial charge in [0.15, 0.2) is 5.01 Å². The molecule has 0 aliphatic heterocycles. The summed E-state index contributed by atoms with van der Waals surface area (Å²) in [6.45, 7) is 2.55. The highest BCUT2D eigenvalue weighted by atomic mass is 32.1. The van der Waals surface area contributed by atoms with Crippen LogP contribution in [0, 0.1) is 0 Å². The van der Waals surface area contributed by atoms with Crippen molar-refractivity contribution in [2.45, 2.75) is 13.3 Å². The normalized spacial score (nSPS) is 11.4. The van der Waals surface area contributed by atoms with Crippen LogP contribution in [0.4, 0.5) is 18.3 Å². The van der Waals surface area contributed by atoms with Crippen LogP contribution >= 0.6 is 11.3 Å². The zero-order valence-electron chi connectivity index (χ0n) is 9.86. The molecule has 0 aliphatic rings. The van der Waals surface area contributed by atoms with Crippen LogP contribution in [-0.4, -0.2) is 23.1 Å². The number of rotatable bonds is 4. The average molecular weight is 289 g/mol. The van der Waals surface area contributed by atoms with Crippen molar-refractivity contribution in [3.05, 3.63) is 24.3 Å². The largest absolute Gasteiger partial charge is 0.573 e. The van der Waals surface area contributed by atoms with Gasteiger partial charge in [-0.25, -0.2) is 0 Å². The molecule has 102 valence electrons. The molecule has 19 heavy (non-hydrogen) atoms. The minimum Gasteiger partial charge on any atom is -0.405 e. The van der Waals surface area contributed by atoms with E-state index in [1.165, 1.54) is 29.5 Å². The third-order valence-corrected chi connectivity index (χ3v) is 3.01. The maximum absolute atomic E-state index is 12.3. The second-order valence-electron chi connectivity index (χ2n) is 3.49. The van der Waals surface area contributed by atoms with Crippen molar-refractivity contribution in [3.63, 3.8) is 0 Å². The van der Waals surface area contributed by atoms with Gasteiger partial charge in [-0.05, 0) is 19.1 Å². The number of hydrogen-bond acceptors (Lipinski definition) is 5. The molecular formula is C11H10F3N3OS. The summed E-state index contributed by atoms with van der Waals surface area (Å²) >= 11 is 1.17. The molecule has 0 amide bonds. The van der Waals surface area contributed by atoms with Crippen LogP contribution in [0.5, 0.6) is 5.75 Å². The number of alkyl halides is 3. The first-order valence-corrected chi connectivity index (χ1v) is 6.24. The van der Waals surface area contributed by atoms with Gasteiger partial charge >= 0.3 is 6.36 Å². The second-order valence-corrected chi connectivity index (χ2v) is 4.46. The SMILES string of the molecule is CCNc1nnc(-c2ccccc2OC(F)(F)F)s1. The molecule has 2 aromatic rings. The Morgan fingerprint density at radius 1 is 1.26 bits per heavy atom. The first-order chi connectivity index (χ1) is 8.99. The molecule has 1 aromatic carbocycles. The summed E-state index contributed by atoms with van der Waals surface area (Å²) in [7, 11) is 0. The monoisotopic (exact) mass is 289 g/mol. The number of para-hydroxylation sites is 1. The van der Waals surface area contributed by atoms with E-state index in [0.717, 1.165) is 0 Å². The molecular weight excluding hydrogens is 279 g/mol. The second kappa shape index (κ2) is 5.43. The Balaban J connectivity index is 2.32. The Labute approximate surface area is 111 Å². The fourth-order valence-corrected chi connectivity index (χ4v) is 2.25. The fourth-order valence-electron chi connectivity index (χ4n) is 1.41. The Hall–Kier alpha value is -1.83. The highest BCUT2D eigenvalue weighted by Gasteiger charge is 2.32. The summed E-state index contributed by atoms with van der Waals surface area (Å²) < 4.78 is 40.9. The Morgan fingerprint density at radius 3 is 2.68 bits per heavy atom. The molecule has 1 heterocycles. The highest BCUT2D eigenvalue weighted by Crippen LogP contribution is 2.35. The van der Waals surface area contributed by atoms with Gasteiger partial charge in [-0.2, -0.15) is 0 Å². The van der Waals surface area contributed by atoms with Gasteiger partial charge < -0.3 is 10.1 Å². The van der Waals surface area contributed by atoms with Crippen molar-refractivity contribution in [2.24, 2.45) is 0 Å². The number of aromatic nitrogens is 2. The number of benzene rings is 1. The zero-order valence-corrected chi connectivity index (χ0v) is 10.7. The molecule has 0 bridgehead atoms. The van der Waals surface area contributed by atoms with E-state index < -0.39 is 6.36 Å². The lowest BCUT2D eigenvalue weighted by molar-refractivity contribution is -0.274. The lowest BCUT2D eigenvalue weighted by Gasteiger charge is -2.11. The van der Waals surface area contributed by atoms with E-state index in [4.69, 9.17) is 0 Å². The molecule has 0 saturated heterocycles. The summed E-state index contributed by atoms with van der Waals surface area (Å²) in [4.78, 5) is 0. The number of hydrogen-bond donors (Lipinski definition) is 1. The van der Waals surface area contributed by atoms with Crippen LogP contribution in [0.2, 0.25) is 0 Å². The van der Waals surface area contributed by atoms with Gasteiger partial charge in [-0.3, -0.25) is 0 Å². The molecule has 0 unspecified atom stereocenters. The van der Waals surface area contributed by atoms with E-state index in [2.05, 4.69) is 20.3 Å². The summed E-state index contributed by atoms with van der Waals surface area (Å²) in [6, 6.07) is 5.85. The summed E-state index contributed by atoms with van der Waals surface area (Å²) in [6.07, 6.45) is -4.73. The van der Waals surface area contributed by atoms with Crippen molar-refractivity contribution < 1.29 is 17.9 Å². The van der Waals surface area contributed by atoms with Crippen LogP contribution in [0.3, 0.4) is 0 Å². The first-order valence-electron chi connectivity index (χ1n) is 5.42. The van der Waals surface area contributed by atoms with Crippen LogP contribution < -0.4 is 10.1 Å². The minimum atomic E-state index is -4.73. The molecule has 0 atom stereocenters. The number of ether oxygens (including phenoxy) is 1. The van der Waals surface area contributed by atoms with E-state index in [0.29, 0.717) is 16.7 Å². The van der Waals surface area contributed by atoms with Gasteiger partial charge in [0, 0.05) is 6.54 Å². The Kier molecular flexibility index (Phi) is 3.89. The fraction of sp³-hybridized carbons (Fsp3) is 0.273. The van der Waals surface area contributed by atoms with E-state index >= 15 is 0 Å². The smallest absolute Gasteiger partial charge is 0.405 e. The number of halogens is 3. The molecule has 8 heteroatoms. The van der Waals surface area contributed by atoms with Gasteiger partial charge in [0.2, 0.25) is 5.13 Å². The molecule has 0 saturated carbocycles. The molecule has 0 spiro atoms. The molecule has 0 radical (unpaired) electrons. The first kappa shape index (κ1) is 13.6. The van der Waals surface area contributed by atoms with E-state index in [1.807, 2.05) is 6.92 Å². The molecule has 4 nitrogen and oxygen atoms in total. The average Bonchev–Trinajstić information content (AvgIpc) is 2.76. The van der Waals surface area contributed by atoms with Crippen molar-refractivity contribution in [1.82, 2.24) is 10.2 Å². The predicted molar refractivity (Wildman–Crippen MR) is 66.2 cm³/mol. The highest BCUT2D eigenvalue weighted by molar-refractivity contribution is 7.18. The van der Waals surface area contributed by atoms with Crippen molar-refractivity contribution in [3.8, 4) is 16.3 Å². The number of nitrogens with zero attached hydrogens (tertiary/aromatic N) is 2. The van der Waals surface area contributed by atoms with Gasteiger partial charge in [0.05, 0.1) is 5.56 Å². The maximum Gasteiger partial charge on any atom is 0.573 e. The lowest BCUT2D eigenvalue weighted by atomic mass is 10.2. The topological polar surface area (TPSA) is 47.0 Å². The van der Waals surface area contributed by atoms with Gasteiger partial charge in [-0.1, -0.05) is 23.5 Å². The van der Waals surface area contributed by atoms with E-state index in [-0.39, 0.29) is 11.3 Å². The minimum absolute atomic E-state index is 0.265. The standard InChI is InChI=1S/C11H10F3N3OS/c1-2-15-10-17-16-9(19-10)7-5-3-4-6-8(7)18-11(12,13)14/h3-6H,2H2,1H3,(H,15,17). The van der Waals surface area contributed by atoms with Crippen LogP contribution in [0.25, 0.3) is 10.6 Å². The van der Waals surface area contributed by atoms with Crippen molar-refractivity contribution >= 4 is 16.5 Å². The van der Waals surface area contributed by atoms with E-state index in [9.17, 15) is 13.2 Å². The van der Waals surface area contributed by atoms with Crippen LogP contribution in [-0.2, 0) is 0 Å². The maximum atomic E-state index is 12.3. The summed E-state index contributed by atoms with van der Waals surface area (Å²) in [5, 5.41) is 11.6. The number of nitrogens with one attached hydrogen (secondary N) is 1. The number of anilines is 1. The van der Waals surface area contributed by atoms with Crippen LogP contribution in [0.15, 0.2) is 24.3 Å². The quantitative estimate of drug-likeness (QED) is 0.935. The third-order valence-electron chi connectivity index (χ3n) is 2.10. The summed E-state index contributed by atoms with van der Waals surface area (Å²) in [5.41, 5.74) is 0.265. The van der Waals surface area contributed by atoms with Crippen molar-refractivity contribution in [1.29, 1.82) is 0 Å². The zero-order chi connectivity index (χ0) is 13.9. The van der Waals surface area contributed by atoms with Gasteiger partial charge in [0.25, 0.3) is 0 Å². The van der Waals surface area contributed by atoms with Gasteiger partial charge in [-0.15, -0.1) is 23.4 Å². The molecule has 1 N–H and O–H groups in total. The third kappa shape index (κ3) is 3.57. The molecule has 1 aromatic heterocycles. The molecule has 0 aliphatic carbocycles.